The minimum absolute atomic E-state index is 0.00131. The molecule has 0 saturated heterocycles. The number of unbranched alkanes of at least 4 members (excludes halogenated alkanes) is 17. The molecule has 0 rings (SSSR count). The third-order valence-electron chi connectivity index (χ3n) is 7.07. The standard InChI is InChI=1S/C33H63O8P/c1-4-7-9-11-13-15-17-18-20-22-24-26-28-33(35)41-31(30-40-42(36,37)39-6-3)29-38-32(34)27-25-23-21-19-16-14-12-10-8-5-2/h13,15,31H,4-12,14,16-30H2,1-3H3,(H,36,37)/b15-13+/t31-/m0/s1. The van der Waals surface area contributed by atoms with Gasteiger partial charge >= 0.3 is 19.8 Å². The van der Waals surface area contributed by atoms with Gasteiger partial charge in [0.2, 0.25) is 0 Å². The summed E-state index contributed by atoms with van der Waals surface area (Å²) in [5, 5.41) is 0. The van der Waals surface area contributed by atoms with Crippen molar-refractivity contribution in [2.75, 3.05) is 19.8 Å². The summed E-state index contributed by atoms with van der Waals surface area (Å²) in [5.41, 5.74) is 0. The van der Waals surface area contributed by atoms with Gasteiger partial charge in [0, 0.05) is 12.8 Å². The zero-order valence-corrected chi connectivity index (χ0v) is 28.1. The Labute approximate surface area is 257 Å². The average Bonchev–Trinajstić information content (AvgIpc) is 2.96. The van der Waals surface area contributed by atoms with Crippen molar-refractivity contribution in [1.82, 2.24) is 0 Å². The molecule has 0 aliphatic heterocycles. The highest BCUT2D eigenvalue weighted by atomic mass is 31.2. The molecular weight excluding hydrogens is 555 g/mol. The predicted octanol–water partition coefficient (Wildman–Crippen LogP) is 9.77. The molecule has 9 heteroatoms. The Morgan fingerprint density at radius 3 is 1.62 bits per heavy atom. The van der Waals surface area contributed by atoms with E-state index in [0.717, 1.165) is 51.4 Å². The predicted molar refractivity (Wildman–Crippen MR) is 170 cm³/mol. The highest BCUT2D eigenvalue weighted by molar-refractivity contribution is 7.47. The molecule has 0 radical (unpaired) electrons. The van der Waals surface area contributed by atoms with Gasteiger partial charge in [-0.15, -0.1) is 0 Å². The van der Waals surface area contributed by atoms with Gasteiger partial charge < -0.3 is 14.4 Å². The molecule has 0 bridgehead atoms. The zero-order chi connectivity index (χ0) is 31.2. The lowest BCUT2D eigenvalue weighted by Crippen LogP contribution is -2.29. The molecule has 248 valence electrons. The van der Waals surface area contributed by atoms with Gasteiger partial charge in [-0.1, -0.05) is 116 Å². The number of phosphoric ester groups is 1. The minimum atomic E-state index is -4.26. The Balaban J connectivity index is 4.23. The molecule has 1 unspecified atom stereocenters. The van der Waals surface area contributed by atoms with Crippen LogP contribution >= 0.6 is 7.82 Å². The van der Waals surface area contributed by atoms with Crippen LogP contribution in [0.1, 0.15) is 162 Å². The first-order valence-corrected chi connectivity index (χ1v) is 18.5. The maximum absolute atomic E-state index is 12.4. The average molecular weight is 619 g/mol. The molecule has 1 N–H and O–H groups in total. The summed E-state index contributed by atoms with van der Waals surface area (Å²) in [4.78, 5) is 34.4. The first-order chi connectivity index (χ1) is 20.3. The Kier molecular flexibility index (Phi) is 29.0. The van der Waals surface area contributed by atoms with Crippen molar-refractivity contribution in [2.24, 2.45) is 0 Å². The number of rotatable bonds is 31. The number of allylic oxidation sites excluding steroid dienone is 2. The van der Waals surface area contributed by atoms with E-state index >= 15 is 0 Å². The molecule has 0 aromatic carbocycles. The number of carbonyl (C=O) groups is 2. The van der Waals surface area contributed by atoms with Crippen LogP contribution in [0.15, 0.2) is 12.2 Å². The van der Waals surface area contributed by atoms with Gasteiger partial charge in [-0.05, 0) is 45.4 Å². The molecule has 0 spiro atoms. The number of ether oxygens (including phenoxy) is 2. The van der Waals surface area contributed by atoms with Gasteiger partial charge in [-0.3, -0.25) is 18.6 Å². The van der Waals surface area contributed by atoms with E-state index in [9.17, 15) is 19.0 Å². The van der Waals surface area contributed by atoms with E-state index in [1.54, 1.807) is 6.92 Å². The number of carbonyl (C=O) groups excluding carboxylic acids is 2. The third kappa shape index (κ3) is 28.9. The van der Waals surface area contributed by atoms with Gasteiger partial charge in [-0.2, -0.15) is 0 Å². The first kappa shape index (κ1) is 40.8. The van der Waals surface area contributed by atoms with Crippen LogP contribution in [0.25, 0.3) is 0 Å². The molecule has 8 nitrogen and oxygen atoms in total. The summed E-state index contributed by atoms with van der Waals surface area (Å²) in [6.45, 7) is 5.40. The molecule has 0 aromatic heterocycles. The van der Waals surface area contributed by atoms with Crippen LogP contribution < -0.4 is 0 Å². The van der Waals surface area contributed by atoms with E-state index in [1.165, 1.54) is 70.6 Å². The molecule has 0 aliphatic carbocycles. The number of hydrogen-bond donors (Lipinski definition) is 1. The van der Waals surface area contributed by atoms with E-state index in [1.807, 2.05) is 0 Å². The number of esters is 2. The maximum atomic E-state index is 12.4. The highest BCUT2D eigenvalue weighted by Crippen LogP contribution is 2.43. The van der Waals surface area contributed by atoms with Gasteiger partial charge in [-0.25, -0.2) is 4.57 Å². The summed E-state index contributed by atoms with van der Waals surface area (Å²) in [7, 11) is -4.26. The maximum Gasteiger partial charge on any atom is 0.472 e. The van der Waals surface area contributed by atoms with Crippen molar-refractivity contribution in [3.8, 4) is 0 Å². The molecule has 0 heterocycles. The van der Waals surface area contributed by atoms with Gasteiger partial charge in [0.1, 0.15) is 6.61 Å². The van der Waals surface area contributed by atoms with Crippen LogP contribution in [-0.4, -0.2) is 42.8 Å². The van der Waals surface area contributed by atoms with Crippen molar-refractivity contribution in [3.63, 3.8) is 0 Å². The smallest absolute Gasteiger partial charge is 0.462 e. The first-order valence-electron chi connectivity index (χ1n) is 17.0. The fraction of sp³-hybridized carbons (Fsp3) is 0.879. The van der Waals surface area contributed by atoms with Crippen LogP contribution in [0.5, 0.6) is 0 Å². The molecule has 42 heavy (non-hydrogen) atoms. The van der Waals surface area contributed by atoms with Gasteiger partial charge in [0.05, 0.1) is 13.2 Å². The minimum Gasteiger partial charge on any atom is -0.462 e. The molecular formula is C33H63O8P. The van der Waals surface area contributed by atoms with E-state index in [4.69, 9.17) is 18.5 Å². The van der Waals surface area contributed by atoms with Crippen LogP contribution in [0.4, 0.5) is 0 Å². The van der Waals surface area contributed by atoms with Crippen molar-refractivity contribution in [2.45, 2.75) is 168 Å². The second-order valence-electron chi connectivity index (χ2n) is 11.2. The van der Waals surface area contributed by atoms with E-state index in [-0.39, 0.29) is 25.6 Å². The van der Waals surface area contributed by atoms with Crippen LogP contribution in [-0.2, 0) is 32.7 Å². The normalized spacial score (nSPS) is 13.7. The Bertz CT molecular complexity index is 712. The molecule has 0 saturated carbocycles. The summed E-state index contributed by atoms with van der Waals surface area (Å²) in [6, 6.07) is 0. The monoisotopic (exact) mass is 618 g/mol. The Morgan fingerprint density at radius 2 is 1.07 bits per heavy atom. The second kappa shape index (κ2) is 29.8. The summed E-state index contributed by atoms with van der Waals surface area (Å²) < 4.78 is 32.3. The van der Waals surface area contributed by atoms with E-state index in [2.05, 4.69) is 26.0 Å². The largest absolute Gasteiger partial charge is 0.472 e. The van der Waals surface area contributed by atoms with Crippen molar-refractivity contribution >= 4 is 19.8 Å². The highest BCUT2D eigenvalue weighted by Gasteiger charge is 2.25. The second-order valence-corrected chi connectivity index (χ2v) is 12.6. The molecule has 2 atom stereocenters. The number of hydrogen-bond acceptors (Lipinski definition) is 7. The summed E-state index contributed by atoms with van der Waals surface area (Å²) in [5.74, 6) is -0.808. The van der Waals surface area contributed by atoms with Crippen molar-refractivity contribution in [1.29, 1.82) is 0 Å². The summed E-state index contributed by atoms with van der Waals surface area (Å²) >= 11 is 0. The lowest BCUT2D eigenvalue weighted by atomic mass is 10.1. The fourth-order valence-electron chi connectivity index (χ4n) is 4.56. The lowest BCUT2D eigenvalue weighted by Gasteiger charge is -2.19. The topological polar surface area (TPSA) is 108 Å². The zero-order valence-electron chi connectivity index (χ0n) is 27.2. The lowest BCUT2D eigenvalue weighted by molar-refractivity contribution is -0.161. The van der Waals surface area contributed by atoms with Crippen LogP contribution in [0.2, 0.25) is 0 Å². The molecule has 0 aromatic rings. The Hall–Kier alpha value is -1.21. The Morgan fingerprint density at radius 1 is 0.619 bits per heavy atom. The van der Waals surface area contributed by atoms with Crippen LogP contribution in [0.3, 0.4) is 0 Å². The van der Waals surface area contributed by atoms with Gasteiger partial charge in [0.15, 0.2) is 6.10 Å². The van der Waals surface area contributed by atoms with E-state index < -0.39 is 26.5 Å². The van der Waals surface area contributed by atoms with E-state index in [0.29, 0.717) is 12.8 Å². The quantitative estimate of drug-likeness (QED) is 0.0354. The van der Waals surface area contributed by atoms with Gasteiger partial charge in [0.25, 0.3) is 0 Å². The molecule has 0 fully saturated rings. The molecule has 0 aliphatic rings. The van der Waals surface area contributed by atoms with Crippen LogP contribution in [0, 0.1) is 0 Å². The van der Waals surface area contributed by atoms with Crippen molar-refractivity contribution < 1.29 is 37.6 Å². The fourth-order valence-corrected chi connectivity index (χ4v) is 5.32. The SMILES string of the molecule is CCCCC/C=C/CCCCCCCC(=O)O[C@@H](COC(=O)CCCCCCCCCCCC)COP(=O)(O)OCC. The summed E-state index contributed by atoms with van der Waals surface area (Å²) in [6.07, 6.45) is 26.9. The molecule has 0 amide bonds. The van der Waals surface area contributed by atoms with Crippen molar-refractivity contribution in [3.05, 3.63) is 12.2 Å². The number of phosphoric acid groups is 1. The third-order valence-corrected chi connectivity index (χ3v) is 8.13.